The van der Waals surface area contributed by atoms with E-state index in [4.69, 9.17) is 0 Å². The minimum atomic E-state index is -0.319. The average Bonchev–Trinajstić information content (AvgIpc) is 2.87. The number of nitrogens with zero attached hydrogens (tertiary/aromatic N) is 2. The number of rotatable bonds is 5. The largest absolute Gasteiger partial charge is 0.388 e. The Morgan fingerprint density at radius 1 is 1.39 bits per heavy atom. The van der Waals surface area contributed by atoms with E-state index in [9.17, 15) is 5.11 Å². The van der Waals surface area contributed by atoms with Gasteiger partial charge in [-0.3, -0.25) is 4.68 Å². The van der Waals surface area contributed by atoms with E-state index in [1.54, 1.807) is 0 Å². The highest BCUT2D eigenvalue weighted by molar-refractivity contribution is 5.10. The van der Waals surface area contributed by atoms with Gasteiger partial charge in [-0.1, -0.05) is 39.5 Å². The zero-order chi connectivity index (χ0) is 13.0. The van der Waals surface area contributed by atoms with Crippen molar-refractivity contribution in [1.29, 1.82) is 0 Å². The Kier molecular flexibility index (Phi) is 4.81. The van der Waals surface area contributed by atoms with E-state index in [2.05, 4.69) is 18.9 Å². The number of hydrogen-bond donors (Lipinski definition) is 1. The average molecular weight is 250 g/mol. The van der Waals surface area contributed by atoms with Gasteiger partial charge in [-0.05, 0) is 24.7 Å². The fourth-order valence-corrected chi connectivity index (χ4v) is 3.29. The smallest absolute Gasteiger partial charge is 0.0851 e. The molecule has 0 radical (unpaired) electrons. The zero-order valence-corrected chi connectivity index (χ0v) is 11.7. The van der Waals surface area contributed by atoms with Gasteiger partial charge < -0.3 is 5.11 Å². The summed E-state index contributed by atoms with van der Waals surface area (Å²) in [5.41, 5.74) is 1.01. The Balaban J connectivity index is 2.05. The SMILES string of the molecule is CCCn1cc(C(O)C2CCCCC2CC)cn1. The van der Waals surface area contributed by atoms with Gasteiger partial charge in [0, 0.05) is 18.3 Å². The molecule has 0 saturated heterocycles. The molecule has 1 aromatic rings. The van der Waals surface area contributed by atoms with Crippen LogP contribution in [0, 0.1) is 11.8 Å². The predicted octanol–water partition coefficient (Wildman–Crippen LogP) is 3.54. The molecule has 18 heavy (non-hydrogen) atoms. The minimum absolute atomic E-state index is 0.319. The monoisotopic (exact) mass is 250 g/mol. The van der Waals surface area contributed by atoms with Crippen LogP contribution in [0.3, 0.4) is 0 Å². The standard InChI is InChI=1S/C15H26N2O/c1-3-9-17-11-13(10-16-17)15(18)14-8-6-5-7-12(14)4-2/h10-12,14-15,18H,3-9H2,1-2H3. The van der Waals surface area contributed by atoms with Crippen LogP contribution in [0.5, 0.6) is 0 Å². The molecular formula is C15H26N2O. The Labute approximate surface area is 110 Å². The van der Waals surface area contributed by atoms with Crippen molar-refractivity contribution in [3.63, 3.8) is 0 Å². The molecule has 3 unspecified atom stereocenters. The van der Waals surface area contributed by atoms with Crippen molar-refractivity contribution in [2.45, 2.75) is 65.0 Å². The Hall–Kier alpha value is -0.830. The quantitative estimate of drug-likeness (QED) is 0.868. The van der Waals surface area contributed by atoms with Gasteiger partial charge in [-0.25, -0.2) is 0 Å². The molecule has 3 atom stereocenters. The first-order valence-corrected chi connectivity index (χ1v) is 7.46. The molecule has 2 rings (SSSR count). The first-order valence-electron chi connectivity index (χ1n) is 7.46. The van der Waals surface area contributed by atoms with Gasteiger partial charge in [0.15, 0.2) is 0 Å². The summed E-state index contributed by atoms with van der Waals surface area (Å²) in [6.45, 7) is 5.33. The maximum atomic E-state index is 10.6. The Morgan fingerprint density at radius 3 is 2.89 bits per heavy atom. The van der Waals surface area contributed by atoms with Crippen LogP contribution >= 0.6 is 0 Å². The van der Waals surface area contributed by atoms with Crippen LogP contribution < -0.4 is 0 Å². The number of aliphatic hydroxyl groups excluding tert-OH is 1. The number of hydrogen-bond acceptors (Lipinski definition) is 2. The van der Waals surface area contributed by atoms with Gasteiger partial charge in [0.2, 0.25) is 0 Å². The molecule has 1 aliphatic rings. The van der Waals surface area contributed by atoms with E-state index in [1.165, 1.54) is 32.1 Å². The molecule has 3 heteroatoms. The van der Waals surface area contributed by atoms with Gasteiger partial charge in [-0.15, -0.1) is 0 Å². The summed E-state index contributed by atoms with van der Waals surface area (Å²) in [6, 6.07) is 0. The lowest BCUT2D eigenvalue weighted by atomic mass is 9.74. The highest BCUT2D eigenvalue weighted by Gasteiger charge is 2.31. The van der Waals surface area contributed by atoms with Crippen molar-refractivity contribution in [2.24, 2.45) is 11.8 Å². The van der Waals surface area contributed by atoms with E-state index in [1.807, 2.05) is 17.1 Å². The molecule has 0 aliphatic heterocycles. The van der Waals surface area contributed by atoms with Gasteiger partial charge in [-0.2, -0.15) is 5.10 Å². The van der Waals surface area contributed by atoms with Crippen molar-refractivity contribution in [2.75, 3.05) is 0 Å². The maximum Gasteiger partial charge on any atom is 0.0851 e. The summed E-state index contributed by atoms with van der Waals surface area (Å²) in [5.74, 6) is 1.12. The normalized spacial score (nSPS) is 26.2. The molecule has 0 aromatic carbocycles. The highest BCUT2D eigenvalue weighted by Crippen LogP contribution is 2.40. The van der Waals surface area contributed by atoms with Crippen LogP contribution in [-0.4, -0.2) is 14.9 Å². The first-order chi connectivity index (χ1) is 8.76. The third-order valence-electron chi connectivity index (χ3n) is 4.35. The summed E-state index contributed by atoms with van der Waals surface area (Å²) >= 11 is 0. The van der Waals surface area contributed by atoms with Crippen molar-refractivity contribution in [1.82, 2.24) is 9.78 Å². The Morgan fingerprint density at radius 2 is 2.17 bits per heavy atom. The summed E-state index contributed by atoms with van der Waals surface area (Å²) in [6.07, 6.45) is 10.9. The summed E-state index contributed by atoms with van der Waals surface area (Å²) in [5, 5.41) is 14.9. The molecule has 0 amide bonds. The van der Waals surface area contributed by atoms with Crippen LogP contribution in [0.25, 0.3) is 0 Å². The van der Waals surface area contributed by atoms with E-state index in [0.29, 0.717) is 11.8 Å². The molecule has 1 saturated carbocycles. The van der Waals surface area contributed by atoms with Crippen molar-refractivity contribution in [3.05, 3.63) is 18.0 Å². The van der Waals surface area contributed by atoms with E-state index >= 15 is 0 Å². The second kappa shape index (κ2) is 6.37. The number of aliphatic hydroxyl groups is 1. The van der Waals surface area contributed by atoms with Gasteiger partial charge in [0.05, 0.1) is 12.3 Å². The minimum Gasteiger partial charge on any atom is -0.388 e. The van der Waals surface area contributed by atoms with E-state index < -0.39 is 0 Å². The molecular weight excluding hydrogens is 224 g/mol. The lowest BCUT2D eigenvalue weighted by molar-refractivity contribution is 0.0451. The molecule has 102 valence electrons. The topological polar surface area (TPSA) is 38.0 Å². The predicted molar refractivity (Wildman–Crippen MR) is 73.2 cm³/mol. The van der Waals surface area contributed by atoms with Crippen LogP contribution in [-0.2, 0) is 6.54 Å². The summed E-state index contributed by atoms with van der Waals surface area (Å²) in [4.78, 5) is 0. The first kappa shape index (κ1) is 13.6. The third kappa shape index (κ3) is 2.94. The molecule has 1 N–H and O–H groups in total. The lowest BCUT2D eigenvalue weighted by Gasteiger charge is -2.34. The van der Waals surface area contributed by atoms with Crippen LogP contribution in [0.2, 0.25) is 0 Å². The highest BCUT2D eigenvalue weighted by atomic mass is 16.3. The van der Waals surface area contributed by atoms with Gasteiger partial charge >= 0.3 is 0 Å². The van der Waals surface area contributed by atoms with E-state index in [-0.39, 0.29) is 6.10 Å². The number of aromatic nitrogens is 2. The third-order valence-corrected chi connectivity index (χ3v) is 4.35. The Bertz CT molecular complexity index is 361. The van der Waals surface area contributed by atoms with Crippen LogP contribution in [0.15, 0.2) is 12.4 Å². The number of aryl methyl sites for hydroxylation is 1. The molecule has 1 heterocycles. The van der Waals surface area contributed by atoms with Crippen molar-refractivity contribution in [3.8, 4) is 0 Å². The maximum absolute atomic E-state index is 10.6. The van der Waals surface area contributed by atoms with Crippen molar-refractivity contribution < 1.29 is 5.11 Å². The van der Waals surface area contributed by atoms with E-state index in [0.717, 1.165) is 18.5 Å². The van der Waals surface area contributed by atoms with Crippen LogP contribution in [0.1, 0.15) is 64.0 Å². The molecule has 1 aromatic heterocycles. The summed E-state index contributed by atoms with van der Waals surface area (Å²) in [7, 11) is 0. The van der Waals surface area contributed by atoms with Gasteiger partial charge in [0.1, 0.15) is 0 Å². The molecule has 0 spiro atoms. The van der Waals surface area contributed by atoms with Crippen LogP contribution in [0.4, 0.5) is 0 Å². The van der Waals surface area contributed by atoms with Gasteiger partial charge in [0.25, 0.3) is 0 Å². The summed E-state index contributed by atoms with van der Waals surface area (Å²) < 4.78 is 1.95. The molecule has 0 bridgehead atoms. The van der Waals surface area contributed by atoms with Crippen molar-refractivity contribution >= 4 is 0 Å². The fourth-order valence-electron chi connectivity index (χ4n) is 3.29. The molecule has 1 fully saturated rings. The second-order valence-electron chi connectivity index (χ2n) is 5.60. The molecule has 3 nitrogen and oxygen atoms in total. The molecule has 1 aliphatic carbocycles. The second-order valence-corrected chi connectivity index (χ2v) is 5.60. The zero-order valence-electron chi connectivity index (χ0n) is 11.7. The fraction of sp³-hybridized carbons (Fsp3) is 0.800. The lowest BCUT2D eigenvalue weighted by Crippen LogP contribution is -2.25.